The second-order valence-electron chi connectivity index (χ2n) is 5.08. The topological polar surface area (TPSA) is 104 Å². The molecular formula is C14H19N3O4. The average molecular weight is 293 g/mol. The zero-order valence-electron chi connectivity index (χ0n) is 12.3. The van der Waals surface area contributed by atoms with E-state index in [-0.39, 0.29) is 23.3 Å². The molecule has 0 radical (unpaired) electrons. The molecule has 1 unspecified atom stereocenters. The highest BCUT2D eigenvalue weighted by Gasteiger charge is 2.24. The lowest BCUT2D eigenvalue weighted by Gasteiger charge is -2.09. The number of nitrogens with zero attached hydrogens (tertiary/aromatic N) is 1. The molecule has 21 heavy (non-hydrogen) atoms. The molecule has 1 amide bonds. The summed E-state index contributed by atoms with van der Waals surface area (Å²) in [6.45, 7) is 5.59. The summed E-state index contributed by atoms with van der Waals surface area (Å²) in [5.74, 6) is -1.38. The van der Waals surface area contributed by atoms with Crippen LogP contribution in [0.25, 0.3) is 0 Å². The number of aromatic carboxylic acids is 1. The first-order valence-corrected chi connectivity index (χ1v) is 6.86. The Morgan fingerprint density at radius 2 is 2.19 bits per heavy atom. The molecule has 114 valence electrons. The number of rotatable bonds is 5. The summed E-state index contributed by atoms with van der Waals surface area (Å²) in [6.07, 6.45) is 1.39. The molecule has 1 aromatic rings. The number of nitrogens with one attached hydrogen (secondary N) is 2. The minimum Gasteiger partial charge on any atom is -0.478 e. The zero-order chi connectivity index (χ0) is 15.6. The molecule has 2 heterocycles. The van der Waals surface area contributed by atoms with Crippen molar-refractivity contribution in [2.45, 2.75) is 39.7 Å². The Hall–Kier alpha value is -2.31. The molecular weight excluding hydrogens is 274 g/mol. The lowest BCUT2D eigenvalue weighted by atomic mass is 10.1. The largest absolute Gasteiger partial charge is 0.478 e. The van der Waals surface area contributed by atoms with Gasteiger partial charge in [0.2, 0.25) is 0 Å². The van der Waals surface area contributed by atoms with Gasteiger partial charge in [-0.25, -0.2) is 4.79 Å². The van der Waals surface area contributed by atoms with Gasteiger partial charge in [0.15, 0.2) is 0 Å². The summed E-state index contributed by atoms with van der Waals surface area (Å²) < 4.78 is 0. The van der Waals surface area contributed by atoms with E-state index in [4.69, 9.17) is 9.94 Å². The molecule has 0 spiro atoms. The predicted octanol–water partition coefficient (Wildman–Crippen LogP) is 1.61. The number of aryl methyl sites for hydroxylation is 1. The normalized spacial score (nSPS) is 17.3. The van der Waals surface area contributed by atoms with Crippen LogP contribution < -0.4 is 5.32 Å². The van der Waals surface area contributed by atoms with Crippen molar-refractivity contribution in [2.75, 3.05) is 6.54 Å². The molecule has 7 heteroatoms. The van der Waals surface area contributed by atoms with Gasteiger partial charge in [-0.15, -0.1) is 0 Å². The minimum atomic E-state index is -1.04. The monoisotopic (exact) mass is 293 g/mol. The van der Waals surface area contributed by atoms with Crippen LogP contribution in [0.5, 0.6) is 0 Å². The van der Waals surface area contributed by atoms with Gasteiger partial charge in [0, 0.05) is 12.1 Å². The van der Waals surface area contributed by atoms with E-state index in [1.807, 2.05) is 6.92 Å². The number of H-pyrrole nitrogens is 1. The van der Waals surface area contributed by atoms with Gasteiger partial charge in [0.05, 0.1) is 17.8 Å². The van der Waals surface area contributed by atoms with E-state index in [0.717, 1.165) is 12.1 Å². The fourth-order valence-corrected chi connectivity index (χ4v) is 2.40. The van der Waals surface area contributed by atoms with E-state index in [1.54, 1.807) is 13.8 Å². The predicted molar refractivity (Wildman–Crippen MR) is 76.8 cm³/mol. The van der Waals surface area contributed by atoms with E-state index in [9.17, 15) is 9.59 Å². The molecule has 0 aliphatic carbocycles. The van der Waals surface area contributed by atoms with E-state index in [1.165, 1.54) is 0 Å². The Bertz CT molecular complexity index is 604. The quantitative estimate of drug-likeness (QED) is 0.767. The molecule has 7 nitrogen and oxygen atoms in total. The van der Waals surface area contributed by atoms with Crippen LogP contribution in [0.1, 0.15) is 51.9 Å². The molecule has 0 fully saturated rings. The maximum absolute atomic E-state index is 12.1. The van der Waals surface area contributed by atoms with Crippen molar-refractivity contribution in [1.82, 2.24) is 10.3 Å². The fourth-order valence-electron chi connectivity index (χ4n) is 2.40. The Labute approximate surface area is 122 Å². The van der Waals surface area contributed by atoms with Crippen molar-refractivity contribution in [3.63, 3.8) is 0 Å². The summed E-state index contributed by atoms with van der Waals surface area (Å²) in [7, 11) is 0. The van der Waals surface area contributed by atoms with Crippen molar-refractivity contribution in [3.8, 4) is 0 Å². The zero-order valence-corrected chi connectivity index (χ0v) is 12.3. The SMILES string of the molecule is CCC1=NOC(CNC(=O)c2[nH]c(C)c(C(=O)O)c2C)C1. The Morgan fingerprint density at radius 1 is 1.48 bits per heavy atom. The Morgan fingerprint density at radius 3 is 2.71 bits per heavy atom. The lowest BCUT2D eigenvalue weighted by Crippen LogP contribution is -2.32. The highest BCUT2D eigenvalue weighted by atomic mass is 16.6. The smallest absolute Gasteiger partial charge is 0.337 e. The number of oxime groups is 1. The van der Waals surface area contributed by atoms with Gasteiger partial charge in [0.25, 0.3) is 5.91 Å². The van der Waals surface area contributed by atoms with E-state index in [0.29, 0.717) is 24.2 Å². The third-order valence-corrected chi connectivity index (χ3v) is 3.57. The summed E-state index contributed by atoms with van der Waals surface area (Å²) in [4.78, 5) is 31.3. The molecule has 1 aliphatic heterocycles. The van der Waals surface area contributed by atoms with Crippen molar-refractivity contribution >= 4 is 17.6 Å². The standard InChI is InChI=1S/C14H19N3O4/c1-4-9-5-10(21-17-9)6-15-13(18)12-7(2)11(14(19)20)8(3)16-12/h10,16H,4-6H2,1-3H3,(H,15,18)(H,19,20). The summed E-state index contributed by atoms with van der Waals surface area (Å²) in [6, 6.07) is 0. The molecule has 0 bridgehead atoms. The second-order valence-corrected chi connectivity index (χ2v) is 5.08. The summed E-state index contributed by atoms with van der Waals surface area (Å²) in [5.41, 5.74) is 2.32. The van der Waals surface area contributed by atoms with Gasteiger partial charge in [-0.3, -0.25) is 4.79 Å². The highest BCUT2D eigenvalue weighted by molar-refractivity contribution is 6.00. The van der Waals surface area contributed by atoms with Gasteiger partial charge in [-0.2, -0.15) is 0 Å². The molecule has 3 N–H and O–H groups in total. The number of amides is 1. The molecule has 1 aromatic heterocycles. The number of carboxylic acids is 1. The van der Waals surface area contributed by atoms with Gasteiger partial charge in [-0.1, -0.05) is 12.1 Å². The summed E-state index contributed by atoms with van der Waals surface area (Å²) in [5, 5.41) is 15.8. The lowest BCUT2D eigenvalue weighted by molar-refractivity contribution is 0.0695. The van der Waals surface area contributed by atoms with Gasteiger partial charge < -0.3 is 20.2 Å². The van der Waals surface area contributed by atoms with Crippen LogP contribution in [0.4, 0.5) is 0 Å². The van der Waals surface area contributed by atoms with Gasteiger partial charge in [0.1, 0.15) is 11.8 Å². The molecule has 0 aromatic carbocycles. The molecule has 2 rings (SSSR count). The first-order chi connectivity index (χ1) is 9.93. The van der Waals surface area contributed by atoms with Crippen molar-refractivity contribution < 1.29 is 19.5 Å². The fraction of sp³-hybridized carbons (Fsp3) is 0.500. The minimum absolute atomic E-state index is 0.147. The number of hydrogen-bond acceptors (Lipinski definition) is 4. The van der Waals surface area contributed by atoms with Crippen LogP contribution in [0.15, 0.2) is 5.16 Å². The van der Waals surface area contributed by atoms with Crippen molar-refractivity contribution in [3.05, 3.63) is 22.5 Å². The van der Waals surface area contributed by atoms with Crippen molar-refractivity contribution in [1.29, 1.82) is 0 Å². The van der Waals surface area contributed by atoms with Crippen LogP contribution in [0.2, 0.25) is 0 Å². The van der Waals surface area contributed by atoms with E-state index in [2.05, 4.69) is 15.5 Å². The second kappa shape index (κ2) is 5.99. The third kappa shape index (κ3) is 3.07. The van der Waals surface area contributed by atoms with E-state index >= 15 is 0 Å². The maximum Gasteiger partial charge on any atom is 0.337 e. The van der Waals surface area contributed by atoms with Crippen LogP contribution >= 0.6 is 0 Å². The molecule has 1 aliphatic rings. The number of carbonyl (C=O) groups excluding carboxylic acids is 1. The highest BCUT2D eigenvalue weighted by Crippen LogP contribution is 2.18. The van der Waals surface area contributed by atoms with Crippen LogP contribution in [0, 0.1) is 13.8 Å². The Balaban J connectivity index is 1.99. The maximum atomic E-state index is 12.1. The van der Waals surface area contributed by atoms with Crippen LogP contribution in [0.3, 0.4) is 0 Å². The van der Waals surface area contributed by atoms with Crippen LogP contribution in [-0.2, 0) is 4.84 Å². The van der Waals surface area contributed by atoms with Crippen LogP contribution in [-0.4, -0.2) is 40.3 Å². The van der Waals surface area contributed by atoms with Gasteiger partial charge >= 0.3 is 5.97 Å². The Kier molecular flexibility index (Phi) is 4.30. The number of hydrogen-bond donors (Lipinski definition) is 3. The number of aromatic nitrogens is 1. The third-order valence-electron chi connectivity index (χ3n) is 3.57. The van der Waals surface area contributed by atoms with Crippen molar-refractivity contribution in [2.24, 2.45) is 5.16 Å². The summed E-state index contributed by atoms with van der Waals surface area (Å²) >= 11 is 0. The first-order valence-electron chi connectivity index (χ1n) is 6.86. The number of carbonyl (C=O) groups is 2. The molecule has 1 atom stereocenters. The van der Waals surface area contributed by atoms with E-state index < -0.39 is 5.97 Å². The number of carboxylic acid groups (broad SMARTS) is 1. The van der Waals surface area contributed by atoms with Gasteiger partial charge in [-0.05, 0) is 25.8 Å². The first kappa shape index (κ1) is 15.1. The average Bonchev–Trinajstić information content (AvgIpc) is 3.00. The molecule has 0 saturated carbocycles. The molecule has 0 saturated heterocycles. The number of aromatic amines is 1.